The summed E-state index contributed by atoms with van der Waals surface area (Å²) in [4.78, 5) is 0. The zero-order valence-corrected chi connectivity index (χ0v) is 8.65. The van der Waals surface area contributed by atoms with Crippen molar-refractivity contribution >= 4 is 11.5 Å². The highest BCUT2D eigenvalue weighted by Crippen LogP contribution is 2.35. The molecule has 5 nitrogen and oxygen atoms in total. The molecular formula is C10H16N4O. The molecule has 1 saturated heterocycles. The lowest BCUT2D eigenvalue weighted by atomic mass is 9.95. The summed E-state index contributed by atoms with van der Waals surface area (Å²) in [5.74, 6) is 1.59. The molecule has 0 spiro atoms. The van der Waals surface area contributed by atoms with Crippen molar-refractivity contribution in [2.45, 2.75) is 18.9 Å². The molecule has 82 valence electrons. The molecule has 0 bridgehead atoms. The molecule has 0 aromatic carbocycles. The Labute approximate surface area is 88.6 Å². The quantitative estimate of drug-likeness (QED) is 0.718. The number of nitrogen functional groups attached to an aromatic ring is 1. The molecule has 0 radical (unpaired) electrons. The van der Waals surface area contributed by atoms with Crippen LogP contribution in [0.2, 0.25) is 0 Å². The molecule has 2 unspecified atom stereocenters. The summed E-state index contributed by atoms with van der Waals surface area (Å²) < 4.78 is 7.48. The van der Waals surface area contributed by atoms with Crippen molar-refractivity contribution < 1.29 is 4.74 Å². The topological polar surface area (TPSA) is 65.1 Å². The fraction of sp³-hybridized carbons (Fsp3) is 0.700. The molecule has 3 heterocycles. The first-order chi connectivity index (χ1) is 7.36. The molecule has 5 heteroatoms. The zero-order valence-electron chi connectivity index (χ0n) is 8.65. The van der Waals surface area contributed by atoms with Gasteiger partial charge in [-0.3, -0.25) is 0 Å². The van der Waals surface area contributed by atoms with E-state index in [4.69, 9.17) is 10.5 Å². The van der Waals surface area contributed by atoms with Crippen LogP contribution in [0, 0.1) is 5.92 Å². The molecule has 3 N–H and O–H groups in total. The van der Waals surface area contributed by atoms with E-state index < -0.39 is 0 Å². The summed E-state index contributed by atoms with van der Waals surface area (Å²) in [5, 5.41) is 7.65. The normalized spacial score (nSPS) is 29.9. The summed E-state index contributed by atoms with van der Waals surface area (Å²) in [5.41, 5.74) is 6.59. The molecule has 0 saturated carbocycles. The van der Waals surface area contributed by atoms with E-state index in [1.807, 2.05) is 4.68 Å². The summed E-state index contributed by atoms with van der Waals surface area (Å²) in [6, 6.07) is 0.459. The first kappa shape index (κ1) is 9.03. The van der Waals surface area contributed by atoms with Crippen LogP contribution >= 0.6 is 0 Å². The maximum absolute atomic E-state index is 5.85. The first-order valence-electron chi connectivity index (χ1n) is 5.51. The Morgan fingerprint density at radius 2 is 2.47 bits per heavy atom. The standard InChI is InChI=1S/C10H16N4O/c11-8-5-13-14-9(1-3-12-10(8)14)7-2-4-15-6-7/h5,7,9,12H,1-4,6,11H2. The van der Waals surface area contributed by atoms with Gasteiger partial charge in [-0.25, -0.2) is 4.68 Å². The maximum Gasteiger partial charge on any atom is 0.148 e. The van der Waals surface area contributed by atoms with Gasteiger partial charge in [0.1, 0.15) is 5.82 Å². The van der Waals surface area contributed by atoms with E-state index in [0.717, 1.165) is 44.1 Å². The number of nitrogens with one attached hydrogen (secondary N) is 1. The van der Waals surface area contributed by atoms with Gasteiger partial charge < -0.3 is 15.8 Å². The predicted octanol–water partition coefficient (Wildman–Crippen LogP) is 0.858. The van der Waals surface area contributed by atoms with Crippen molar-refractivity contribution in [1.82, 2.24) is 9.78 Å². The van der Waals surface area contributed by atoms with Crippen LogP contribution in [0.15, 0.2) is 6.20 Å². The fourth-order valence-electron chi connectivity index (χ4n) is 2.56. The van der Waals surface area contributed by atoms with E-state index in [-0.39, 0.29) is 0 Å². The van der Waals surface area contributed by atoms with E-state index in [1.54, 1.807) is 6.20 Å². The number of hydrogen-bond acceptors (Lipinski definition) is 4. The third kappa shape index (κ3) is 1.38. The predicted molar refractivity (Wildman–Crippen MR) is 57.7 cm³/mol. The van der Waals surface area contributed by atoms with Gasteiger partial charge in [-0.1, -0.05) is 0 Å². The highest BCUT2D eigenvalue weighted by Gasteiger charge is 2.31. The van der Waals surface area contributed by atoms with Crippen LogP contribution in [0.4, 0.5) is 11.5 Å². The smallest absolute Gasteiger partial charge is 0.148 e. The molecule has 2 atom stereocenters. The lowest BCUT2D eigenvalue weighted by Gasteiger charge is -2.29. The Hall–Kier alpha value is -1.23. The van der Waals surface area contributed by atoms with Crippen LogP contribution in [0.25, 0.3) is 0 Å². The van der Waals surface area contributed by atoms with Crippen LogP contribution in [0.3, 0.4) is 0 Å². The van der Waals surface area contributed by atoms with Gasteiger partial charge >= 0.3 is 0 Å². The largest absolute Gasteiger partial charge is 0.394 e. The first-order valence-corrected chi connectivity index (χ1v) is 5.51. The molecule has 0 aliphatic carbocycles. The van der Waals surface area contributed by atoms with Gasteiger partial charge in [0.15, 0.2) is 0 Å². The fourth-order valence-corrected chi connectivity index (χ4v) is 2.56. The number of hydrogen-bond donors (Lipinski definition) is 2. The molecular weight excluding hydrogens is 192 g/mol. The van der Waals surface area contributed by atoms with Crippen molar-refractivity contribution in [2.75, 3.05) is 30.8 Å². The second kappa shape index (κ2) is 3.41. The molecule has 1 aromatic heterocycles. The Kier molecular flexibility index (Phi) is 2.05. The summed E-state index contributed by atoms with van der Waals surface area (Å²) in [7, 11) is 0. The van der Waals surface area contributed by atoms with Gasteiger partial charge in [-0.2, -0.15) is 5.10 Å². The molecule has 2 aliphatic heterocycles. The molecule has 3 rings (SSSR count). The number of nitrogens with two attached hydrogens (primary N) is 1. The van der Waals surface area contributed by atoms with Gasteiger partial charge in [0.2, 0.25) is 0 Å². The van der Waals surface area contributed by atoms with E-state index in [1.165, 1.54) is 0 Å². The average Bonchev–Trinajstić information content (AvgIpc) is 2.88. The Bertz CT molecular complexity index is 356. The molecule has 1 aromatic rings. The number of anilines is 2. The monoisotopic (exact) mass is 208 g/mol. The van der Waals surface area contributed by atoms with Crippen LogP contribution < -0.4 is 11.1 Å². The summed E-state index contributed by atoms with van der Waals surface area (Å²) in [6.07, 6.45) is 3.99. The lowest BCUT2D eigenvalue weighted by molar-refractivity contribution is 0.167. The minimum absolute atomic E-state index is 0.459. The molecule has 0 amide bonds. The summed E-state index contributed by atoms with van der Waals surface area (Å²) in [6.45, 7) is 2.74. The number of nitrogens with zero attached hydrogens (tertiary/aromatic N) is 2. The van der Waals surface area contributed by atoms with Crippen LogP contribution in [-0.4, -0.2) is 29.5 Å². The van der Waals surface area contributed by atoms with E-state index in [2.05, 4.69) is 10.4 Å². The van der Waals surface area contributed by atoms with Crippen LogP contribution in [0.5, 0.6) is 0 Å². The van der Waals surface area contributed by atoms with Gasteiger partial charge in [0.25, 0.3) is 0 Å². The van der Waals surface area contributed by atoms with E-state index in [0.29, 0.717) is 12.0 Å². The van der Waals surface area contributed by atoms with Crippen molar-refractivity contribution in [2.24, 2.45) is 5.92 Å². The Balaban J connectivity index is 1.91. The summed E-state index contributed by atoms with van der Waals surface area (Å²) >= 11 is 0. The molecule has 2 aliphatic rings. The maximum atomic E-state index is 5.85. The highest BCUT2D eigenvalue weighted by atomic mass is 16.5. The molecule has 15 heavy (non-hydrogen) atoms. The van der Waals surface area contributed by atoms with Crippen molar-refractivity contribution in [3.63, 3.8) is 0 Å². The van der Waals surface area contributed by atoms with Crippen molar-refractivity contribution in [3.05, 3.63) is 6.20 Å². The lowest BCUT2D eigenvalue weighted by Crippen LogP contribution is -2.29. The minimum atomic E-state index is 0.459. The third-order valence-corrected chi connectivity index (χ3v) is 3.38. The second-order valence-corrected chi connectivity index (χ2v) is 4.30. The zero-order chi connectivity index (χ0) is 10.3. The van der Waals surface area contributed by atoms with Crippen molar-refractivity contribution in [3.8, 4) is 0 Å². The molecule has 1 fully saturated rings. The number of ether oxygens (including phenoxy) is 1. The van der Waals surface area contributed by atoms with Gasteiger partial charge in [0, 0.05) is 19.1 Å². The van der Waals surface area contributed by atoms with E-state index >= 15 is 0 Å². The highest BCUT2D eigenvalue weighted by molar-refractivity contribution is 5.61. The Morgan fingerprint density at radius 3 is 3.27 bits per heavy atom. The number of aromatic nitrogens is 2. The van der Waals surface area contributed by atoms with E-state index in [9.17, 15) is 0 Å². The third-order valence-electron chi connectivity index (χ3n) is 3.38. The second-order valence-electron chi connectivity index (χ2n) is 4.30. The minimum Gasteiger partial charge on any atom is -0.394 e. The van der Waals surface area contributed by atoms with Crippen molar-refractivity contribution in [1.29, 1.82) is 0 Å². The van der Waals surface area contributed by atoms with Gasteiger partial charge in [-0.05, 0) is 12.8 Å². The van der Waals surface area contributed by atoms with Gasteiger partial charge in [-0.15, -0.1) is 0 Å². The number of rotatable bonds is 1. The van der Waals surface area contributed by atoms with Gasteiger partial charge in [0.05, 0.1) is 24.5 Å². The Morgan fingerprint density at radius 1 is 1.53 bits per heavy atom. The average molecular weight is 208 g/mol. The number of fused-ring (bicyclic) bond motifs is 1. The van der Waals surface area contributed by atoms with Crippen LogP contribution in [-0.2, 0) is 4.74 Å². The van der Waals surface area contributed by atoms with Crippen LogP contribution in [0.1, 0.15) is 18.9 Å². The SMILES string of the molecule is Nc1cnn2c1NCCC2C1CCOC1.